The van der Waals surface area contributed by atoms with Gasteiger partial charge in [-0.15, -0.1) is 0 Å². The van der Waals surface area contributed by atoms with E-state index in [9.17, 15) is 15.0 Å². The summed E-state index contributed by atoms with van der Waals surface area (Å²) >= 11 is 0. The summed E-state index contributed by atoms with van der Waals surface area (Å²) in [5.41, 5.74) is -0.0656. The number of nitrogens with zero attached hydrogens (tertiary/aromatic N) is 1. The van der Waals surface area contributed by atoms with E-state index in [0.29, 0.717) is 12.2 Å². The summed E-state index contributed by atoms with van der Waals surface area (Å²) in [5.74, 6) is -0.310. The zero-order chi connectivity index (χ0) is 20.6. The van der Waals surface area contributed by atoms with Crippen molar-refractivity contribution in [2.24, 2.45) is 0 Å². The molecule has 1 rings (SSSR count). The normalized spacial score (nSPS) is 11.2. The van der Waals surface area contributed by atoms with E-state index in [1.165, 1.54) is 89.9 Å². The molecular formula is C24H43NO3. The van der Waals surface area contributed by atoms with Crippen LogP contribution >= 0.6 is 0 Å². The number of unbranched alkanes of at least 4 members (excludes halogenated alkanes) is 15. The van der Waals surface area contributed by atoms with E-state index < -0.39 is 5.43 Å². The molecule has 0 bridgehead atoms. The van der Waals surface area contributed by atoms with E-state index in [-0.39, 0.29) is 11.6 Å². The zero-order valence-corrected chi connectivity index (χ0v) is 18.3. The number of aromatic hydroxyl groups is 2. The van der Waals surface area contributed by atoms with Gasteiger partial charge in [-0.05, 0) is 13.3 Å². The van der Waals surface area contributed by atoms with Gasteiger partial charge in [0.25, 0.3) is 0 Å². The van der Waals surface area contributed by atoms with Crippen LogP contribution in [0.3, 0.4) is 0 Å². The molecule has 1 aromatic rings. The molecule has 1 aromatic heterocycles. The highest BCUT2D eigenvalue weighted by atomic mass is 16.3. The van der Waals surface area contributed by atoms with E-state index in [1.54, 1.807) is 11.5 Å². The number of aromatic nitrogens is 1. The van der Waals surface area contributed by atoms with E-state index in [0.717, 1.165) is 18.9 Å². The molecule has 0 atom stereocenters. The van der Waals surface area contributed by atoms with E-state index in [1.807, 2.05) is 0 Å². The molecule has 0 fully saturated rings. The molecule has 0 aliphatic heterocycles. The van der Waals surface area contributed by atoms with Gasteiger partial charge in [-0.2, -0.15) is 0 Å². The number of rotatable bonds is 17. The van der Waals surface area contributed by atoms with Crippen LogP contribution in [-0.4, -0.2) is 14.8 Å². The topological polar surface area (TPSA) is 62.5 Å². The Kier molecular flexibility index (Phi) is 13.6. The third-order valence-electron chi connectivity index (χ3n) is 5.75. The Morgan fingerprint density at radius 2 is 1.11 bits per heavy atom. The second-order valence-electron chi connectivity index (χ2n) is 8.26. The minimum Gasteiger partial charge on any atom is -0.503 e. The predicted molar refractivity (Wildman–Crippen MR) is 118 cm³/mol. The molecule has 0 saturated carbocycles. The molecule has 0 unspecified atom stereocenters. The molecule has 0 aromatic carbocycles. The molecule has 4 heteroatoms. The van der Waals surface area contributed by atoms with Gasteiger partial charge in [-0.1, -0.05) is 103 Å². The lowest BCUT2D eigenvalue weighted by Crippen LogP contribution is -2.11. The summed E-state index contributed by atoms with van der Waals surface area (Å²) in [7, 11) is 0. The smallest absolute Gasteiger partial charge is 0.227 e. The van der Waals surface area contributed by atoms with Gasteiger partial charge in [0.2, 0.25) is 5.43 Å². The predicted octanol–water partition coefficient (Wildman–Crippen LogP) is 6.83. The third kappa shape index (κ3) is 10.2. The molecular weight excluding hydrogens is 350 g/mol. The maximum Gasteiger partial charge on any atom is 0.227 e. The van der Waals surface area contributed by atoms with Crippen molar-refractivity contribution in [1.29, 1.82) is 0 Å². The van der Waals surface area contributed by atoms with Gasteiger partial charge in [0.1, 0.15) is 0 Å². The molecule has 28 heavy (non-hydrogen) atoms. The van der Waals surface area contributed by atoms with Crippen molar-refractivity contribution in [3.8, 4) is 11.6 Å². The van der Waals surface area contributed by atoms with Crippen LogP contribution in [0.1, 0.15) is 115 Å². The highest BCUT2D eigenvalue weighted by Crippen LogP contribution is 2.19. The van der Waals surface area contributed by atoms with Crippen molar-refractivity contribution in [3.63, 3.8) is 0 Å². The first-order valence-corrected chi connectivity index (χ1v) is 11.7. The summed E-state index contributed by atoms with van der Waals surface area (Å²) in [6.07, 6.45) is 21.3. The summed E-state index contributed by atoms with van der Waals surface area (Å²) < 4.78 is 1.63. The van der Waals surface area contributed by atoms with Crippen LogP contribution in [0.4, 0.5) is 0 Å². The third-order valence-corrected chi connectivity index (χ3v) is 5.75. The highest BCUT2D eigenvalue weighted by molar-refractivity contribution is 5.30. The average Bonchev–Trinajstić information content (AvgIpc) is 2.68. The lowest BCUT2D eigenvalue weighted by atomic mass is 10.0. The Morgan fingerprint density at radius 3 is 1.54 bits per heavy atom. The fourth-order valence-electron chi connectivity index (χ4n) is 3.84. The van der Waals surface area contributed by atoms with Crippen molar-refractivity contribution in [1.82, 2.24) is 4.57 Å². The van der Waals surface area contributed by atoms with Crippen molar-refractivity contribution in [2.45, 2.75) is 123 Å². The van der Waals surface area contributed by atoms with E-state index in [2.05, 4.69) is 6.92 Å². The van der Waals surface area contributed by atoms with Crippen molar-refractivity contribution >= 4 is 0 Å². The summed E-state index contributed by atoms with van der Waals surface area (Å²) in [5, 5.41) is 19.6. The van der Waals surface area contributed by atoms with Gasteiger partial charge in [0.15, 0.2) is 11.6 Å². The Bertz CT molecular complexity index is 580. The first-order chi connectivity index (χ1) is 13.6. The number of hydrogen-bond donors (Lipinski definition) is 2. The van der Waals surface area contributed by atoms with Crippen LogP contribution < -0.4 is 5.43 Å². The number of pyridine rings is 1. The maximum atomic E-state index is 11.4. The van der Waals surface area contributed by atoms with Crippen molar-refractivity contribution < 1.29 is 10.2 Å². The first-order valence-electron chi connectivity index (χ1n) is 11.7. The van der Waals surface area contributed by atoms with Crippen molar-refractivity contribution in [3.05, 3.63) is 22.0 Å². The molecule has 0 radical (unpaired) electrons. The van der Waals surface area contributed by atoms with E-state index in [4.69, 9.17) is 0 Å². The highest BCUT2D eigenvalue weighted by Gasteiger charge is 2.10. The lowest BCUT2D eigenvalue weighted by molar-refractivity contribution is 0.383. The molecule has 1 heterocycles. The average molecular weight is 394 g/mol. The molecule has 0 aliphatic rings. The van der Waals surface area contributed by atoms with Gasteiger partial charge in [0.05, 0.1) is 5.69 Å². The SMILES string of the molecule is CCCCCCCCCCCCCCCCCCn1c(O)cc(=O)c(O)c1C. The molecule has 0 amide bonds. The van der Waals surface area contributed by atoms with Gasteiger partial charge < -0.3 is 14.8 Å². The van der Waals surface area contributed by atoms with Gasteiger partial charge in [0, 0.05) is 12.6 Å². The van der Waals surface area contributed by atoms with E-state index >= 15 is 0 Å². The second-order valence-corrected chi connectivity index (χ2v) is 8.26. The largest absolute Gasteiger partial charge is 0.503 e. The monoisotopic (exact) mass is 393 g/mol. The summed E-state index contributed by atoms with van der Waals surface area (Å²) in [6, 6.07) is 1.09. The van der Waals surface area contributed by atoms with Gasteiger partial charge >= 0.3 is 0 Å². The van der Waals surface area contributed by atoms with Crippen LogP contribution in [-0.2, 0) is 6.54 Å². The Balaban J connectivity index is 1.93. The second kappa shape index (κ2) is 15.5. The Morgan fingerprint density at radius 1 is 0.714 bits per heavy atom. The van der Waals surface area contributed by atoms with Crippen LogP contribution in [0.2, 0.25) is 0 Å². The Labute approximate surface area is 172 Å². The van der Waals surface area contributed by atoms with Crippen LogP contribution in [0, 0.1) is 6.92 Å². The maximum absolute atomic E-state index is 11.4. The molecule has 2 N–H and O–H groups in total. The van der Waals surface area contributed by atoms with Gasteiger partial charge in [-0.3, -0.25) is 4.79 Å². The minimum absolute atomic E-state index is 0.0544. The lowest BCUT2D eigenvalue weighted by Gasteiger charge is -2.13. The van der Waals surface area contributed by atoms with Crippen LogP contribution in [0.25, 0.3) is 0 Å². The standard InChI is InChI=1S/C24H43NO3/c1-3-4-5-6-7-8-9-10-11-12-13-14-15-16-17-18-19-25-21(2)24(28)22(26)20-23(25)27/h20,27-28H,3-19H2,1-2H3. The summed E-state index contributed by atoms with van der Waals surface area (Å²) in [4.78, 5) is 11.4. The molecule has 4 nitrogen and oxygen atoms in total. The van der Waals surface area contributed by atoms with Crippen LogP contribution in [0.15, 0.2) is 10.9 Å². The molecule has 162 valence electrons. The van der Waals surface area contributed by atoms with Gasteiger partial charge in [-0.25, -0.2) is 0 Å². The minimum atomic E-state index is -0.516. The zero-order valence-electron chi connectivity index (χ0n) is 18.3. The first kappa shape index (κ1) is 24.6. The summed E-state index contributed by atoms with van der Waals surface area (Å²) in [6.45, 7) is 4.58. The van der Waals surface area contributed by atoms with Crippen LogP contribution in [0.5, 0.6) is 11.6 Å². The molecule has 0 aliphatic carbocycles. The fraction of sp³-hybridized carbons (Fsp3) is 0.792. The quantitative estimate of drug-likeness (QED) is 0.285. The number of hydrogen-bond acceptors (Lipinski definition) is 3. The molecule has 0 spiro atoms. The molecule has 0 saturated heterocycles. The fourth-order valence-corrected chi connectivity index (χ4v) is 3.84. The van der Waals surface area contributed by atoms with Crippen molar-refractivity contribution in [2.75, 3.05) is 0 Å². The Hall–Kier alpha value is -1.45.